The average molecular weight is 226 g/mol. The van der Waals surface area contributed by atoms with E-state index in [0.717, 1.165) is 6.54 Å². The lowest BCUT2D eigenvalue weighted by Crippen LogP contribution is -2.35. The molecule has 86 valence electrons. The molecular weight excluding hydrogens is 204 g/mol. The highest BCUT2D eigenvalue weighted by Gasteiger charge is 2.21. The van der Waals surface area contributed by atoms with Gasteiger partial charge in [-0.2, -0.15) is 0 Å². The van der Waals surface area contributed by atoms with Crippen molar-refractivity contribution in [2.24, 2.45) is 11.1 Å². The molecule has 0 radical (unpaired) electrons. The molecule has 1 atom stereocenters. The maximum atomic E-state index is 5.85. The van der Waals surface area contributed by atoms with Crippen molar-refractivity contribution in [3.05, 3.63) is 22.4 Å². The molecule has 0 saturated heterocycles. The lowest BCUT2D eigenvalue weighted by molar-refractivity contribution is 0.178. The molecule has 2 N–H and O–H groups in total. The summed E-state index contributed by atoms with van der Waals surface area (Å²) in [4.78, 5) is 3.72. The largest absolute Gasteiger partial charge is 0.329 e. The summed E-state index contributed by atoms with van der Waals surface area (Å²) < 4.78 is 0. The Bertz CT molecular complexity index is 274. The zero-order valence-corrected chi connectivity index (χ0v) is 11.0. The van der Waals surface area contributed by atoms with Gasteiger partial charge in [-0.25, -0.2) is 0 Å². The van der Waals surface area contributed by atoms with Gasteiger partial charge in [0.1, 0.15) is 0 Å². The minimum Gasteiger partial charge on any atom is -0.329 e. The third-order valence-corrected chi connectivity index (χ3v) is 3.32. The van der Waals surface area contributed by atoms with Crippen LogP contribution in [0.1, 0.15) is 31.7 Å². The molecule has 1 unspecified atom stereocenters. The second-order valence-electron chi connectivity index (χ2n) is 5.24. The molecule has 0 amide bonds. The topological polar surface area (TPSA) is 29.3 Å². The molecule has 2 nitrogen and oxygen atoms in total. The third-order valence-electron chi connectivity index (χ3n) is 2.35. The summed E-state index contributed by atoms with van der Waals surface area (Å²) in [6, 6.07) is 4.62. The van der Waals surface area contributed by atoms with E-state index in [9.17, 15) is 0 Å². The molecule has 0 aliphatic heterocycles. The highest BCUT2D eigenvalue weighted by molar-refractivity contribution is 7.10. The Balaban J connectivity index is 2.67. The Hall–Kier alpha value is -0.380. The van der Waals surface area contributed by atoms with Gasteiger partial charge < -0.3 is 5.73 Å². The second-order valence-corrected chi connectivity index (χ2v) is 6.22. The van der Waals surface area contributed by atoms with E-state index < -0.39 is 0 Å². The number of rotatable bonds is 4. The highest BCUT2D eigenvalue weighted by atomic mass is 32.1. The van der Waals surface area contributed by atoms with E-state index in [1.165, 1.54) is 4.88 Å². The van der Waals surface area contributed by atoms with Gasteiger partial charge in [0.25, 0.3) is 0 Å². The van der Waals surface area contributed by atoms with Crippen molar-refractivity contribution in [2.45, 2.75) is 26.8 Å². The SMILES string of the molecule is CN(CC(C)(C)C)C(CN)c1cccs1. The Morgan fingerprint density at radius 2 is 2.13 bits per heavy atom. The first-order valence-corrected chi connectivity index (χ1v) is 6.26. The fourth-order valence-corrected chi connectivity index (χ4v) is 2.76. The lowest BCUT2D eigenvalue weighted by Gasteiger charge is -2.32. The molecule has 15 heavy (non-hydrogen) atoms. The number of nitrogens with two attached hydrogens (primary N) is 1. The summed E-state index contributed by atoms with van der Waals surface area (Å²) in [7, 11) is 2.16. The molecule has 1 heterocycles. The molecule has 1 aromatic heterocycles. The minimum atomic E-state index is 0.319. The van der Waals surface area contributed by atoms with Crippen LogP contribution in [0.15, 0.2) is 17.5 Å². The van der Waals surface area contributed by atoms with Crippen molar-refractivity contribution >= 4 is 11.3 Å². The van der Waals surface area contributed by atoms with Gasteiger partial charge in [0.05, 0.1) is 6.04 Å². The molecule has 0 bridgehead atoms. The molecule has 0 fully saturated rings. The summed E-state index contributed by atoms with van der Waals surface area (Å²) in [5.74, 6) is 0. The Morgan fingerprint density at radius 1 is 1.47 bits per heavy atom. The number of hydrogen-bond acceptors (Lipinski definition) is 3. The summed E-state index contributed by atoms with van der Waals surface area (Å²) in [6.07, 6.45) is 0. The number of hydrogen-bond donors (Lipinski definition) is 1. The molecule has 3 heteroatoms. The molecule has 0 aliphatic carbocycles. The third kappa shape index (κ3) is 3.93. The van der Waals surface area contributed by atoms with Gasteiger partial charge in [0, 0.05) is 18.0 Å². The van der Waals surface area contributed by atoms with E-state index in [0.29, 0.717) is 18.0 Å². The normalized spacial score (nSPS) is 14.5. The van der Waals surface area contributed by atoms with Crippen LogP contribution in [0.25, 0.3) is 0 Å². The van der Waals surface area contributed by atoms with Crippen molar-refractivity contribution in [1.29, 1.82) is 0 Å². The van der Waals surface area contributed by atoms with Crippen molar-refractivity contribution in [2.75, 3.05) is 20.1 Å². The van der Waals surface area contributed by atoms with E-state index in [-0.39, 0.29) is 0 Å². The van der Waals surface area contributed by atoms with Gasteiger partial charge in [0.2, 0.25) is 0 Å². The van der Waals surface area contributed by atoms with Crippen molar-refractivity contribution in [3.63, 3.8) is 0 Å². The van der Waals surface area contributed by atoms with Crippen molar-refractivity contribution < 1.29 is 0 Å². The Labute approximate surface area is 97.1 Å². The maximum absolute atomic E-state index is 5.85. The molecule has 0 spiro atoms. The molecule has 1 aromatic rings. The minimum absolute atomic E-state index is 0.319. The smallest absolute Gasteiger partial charge is 0.0561 e. The standard InChI is InChI=1S/C12H22N2S/c1-12(2,3)9-14(4)10(8-13)11-6-5-7-15-11/h5-7,10H,8-9,13H2,1-4H3. The second kappa shape index (κ2) is 5.10. The summed E-state index contributed by atoms with van der Waals surface area (Å²) in [5.41, 5.74) is 6.17. The van der Waals surface area contributed by atoms with Crippen LogP contribution < -0.4 is 5.73 Å². The monoisotopic (exact) mass is 226 g/mol. The Kier molecular flexibility index (Phi) is 4.32. The van der Waals surface area contributed by atoms with Gasteiger partial charge >= 0.3 is 0 Å². The summed E-state index contributed by atoms with van der Waals surface area (Å²) in [5, 5.41) is 2.11. The number of thiophene rings is 1. The Morgan fingerprint density at radius 3 is 2.53 bits per heavy atom. The van der Waals surface area contributed by atoms with Crippen LogP contribution in [0.5, 0.6) is 0 Å². The molecule has 0 aliphatic rings. The van der Waals surface area contributed by atoms with E-state index in [2.05, 4.69) is 50.2 Å². The van der Waals surface area contributed by atoms with Gasteiger partial charge in [-0.1, -0.05) is 26.8 Å². The predicted molar refractivity (Wildman–Crippen MR) is 68.2 cm³/mol. The molecule has 0 aromatic carbocycles. The summed E-state index contributed by atoms with van der Waals surface area (Å²) >= 11 is 1.79. The van der Waals surface area contributed by atoms with Gasteiger partial charge in [-0.3, -0.25) is 4.90 Å². The number of likely N-dealkylation sites (N-methyl/N-ethyl adjacent to an activating group) is 1. The zero-order valence-electron chi connectivity index (χ0n) is 10.2. The quantitative estimate of drug-likeness (QED) is 0.855. The number of nitrogens with zero attached hydrogens (tertiary/aromatic N) is 1. The fourth-order valence-electron chi connectivity index (χ4n) is 1.85. The van der Waals surface area contributed by atoms with Crippen LogP contribution in [-0.2, 0) is 0 Å². The average Bonchev–Trinajstić information content (AvgIpc) is 2.54. The summed E-state index contributed by atoms with van der Waals surface area (Å²) in [6.45, 7) is 8.52. The van der Waals surface area contributed by atoms with Gasteiger partial charge in [-0.15, -0.1) is 11.3 Å². The fraction of sp³-hybridized carbons (Fsp3) is 0.667. The lowest BCUT2D eigenvalue weighted by atomic mass is 9.95. The van der Waals surface area contributed by atoms with Crippen LogP contribution in [0, 0.1) is 5.41 Å². The first-order valence-electron chi connectivity index (χ1n) is 5.38. The molecule has 0 saturated carbocycles. The van der Waals surface area contributed by atoms with Gasteiger partial charge in [0.15, 0.2) is 0 Å². The van der Waals surface area contributed by atoms with Crippen LogP contribution in [-0.4, -0.2) is 25.0 Å². The molecule has 1 rings (SSSR count). The van der Waals surface area contributed by atoms with E-state index >= 15 is 0 Å². The predicted octanol–water partition coefficient (Wildman–Crippen LogP) is 2.73. The van der Waals surface area contributed by atoms with Crippen LogP contribution in [0.4, 0.5) is 0 Å². The van der Waals surface area contributed by atoms with Crippen molar-refractivity contribution in [1.82, 2.24) is 4.90 Å². The van der Waals surface area contributed by atoms with Crippen LogP contribution >= 0.6 is 11.3 Å². The molecular formula is C12H22N2S. The zero-order chi connectivity index (χ0) is 11.5. The maximum Gasteiger partial charge on any atom is 0.0561 e. The van der Waals surface area contributed by atoms with Crippen LogP contribution in [0.3, 0.4) is 0 Å². The van der Waals surface area contributed by atoms with E-state index in [4.69, 9.17) is 5.73 Å². The first kappa shape index (κ1) is 12.7. The first-order chi connectivity index (χ1) is 6.94. The van der Waals surface area contributed by atoms with E-state index in [1.807, 2.05) is 0 Å². The van der Waals surface area contributed by atoms with Crippen LogP contribution in [0.2, 0.25) is 0 Å². The van der Waals surface area contributed by atoms with Gasteiger partial charge in [-0.05, 0) is 23.9 Å². The van der Waals surface area contributed by atoms with Crippen molar-refractivity contribution in [3.8, 4) is 0 Å². The highest BCUT2D eigenvalue weighted by Crippen LogP contribution is 2.26. The van der Waals surface area contributed by atoms with E-state index in [1.54, 1.807) is 11.3 Å².